The minimum atomic E-state index is -1.00. The zero-order valence-electron chi connectivity index (χ0n) is 6.43. The highest BCUT2D eigenvalue weighted by molar-refractivity contribution is 7.98. The predicted octanol–water partition coefficient (Wildman–Crippen LogP) is 1.73. The van der Waals surface area contributed by atoms with Crippen LogP contribution >= 0.6 is 11.9 Å². The average Bonchev–Trinajstić information content (AvgIpc) is 2.15. The van der Waals surface area contributed by atoms with Gasteiger partial charge in [-0.2, -0.15) is 0 Å². The molecular formula is C8H5NO3S. The van der Waals surface area contributed by atoms with Gasteiger partial charge in [-0.15, -0.1) is 4.40 Å². The number of carboxylic acids is 1. The monoisotopic (exact) mass is 195 g/mol. The Bertz CT molecular complexity index is 371. The lowest BCUT2D eigenvalue weighted by Crippen LogP contribution is -1.94. The molecule has 1 rings (SSSR count). The van der Waals surface area contributed by atoms with Crippen molar-refractivity contribution in [3.63, 3.8) is 0 Å². The topological polar surface area (TPSA) is 66.7 Å². The smallest absolute Gasteiger partial charge is 0.335 e. The van der Waals surface area contributed by atoms with Gasteiger partial charge in [-0.25, -0.2) is 9.59 Å². The zero-order valence-corrected chi connectivity index (χ0v) is 7.25. The zero-order chi connectivity index (χ0) is 9.68. The summed E-state index contributed by atoms with van der Waals surface area (Å²) in [6, 6.07) is 6.16. The average molecular weight is 195 g/mol. The Morgan fingerprint density at radius 3 is 2.92 bits per heavy atom. The second-order valence-electron chi connectivity index (χ2n) is 2.11. The maximum absolute atomic E-state index is 10.5. The van der Waals surface area contributed by atoms with Crippen LogP contribution in [-0.2, 0) is 4.79 Å². The van der Waals surface area contributed by atoms with Gasteiger partial charge in [0, 0.05) is 16.8 Å². The number of hydrogen-bond donors (Lipinski definition) is 1. The summed E-state index contributed by atoms with van der Waals surface area (Å²) in [5.41, 5.74) is 0.172. The molecule has 13 heavy (non-hydrogen) atoms. The molecule has 0 atom stereocenters. The normalized spacial score (nSPS) is 8.92. The van der Waals surface area contributed by atoms with Gasteiger partial charge in [0.1, 0.15) is 0 Å². The van der Waals surface area contributed by atoms with Crippen molar-refractivity contribution in [3.8, 4) is 0 Å². The van der Waals surface area contributed by atoms with Crippen molar-refractivity contribution in [2.24, 2.45) is 4.40 Å². The Morgan fingerprint density at radius 1 is 1.54 bits per heavy atom. The maximum atomic E-state index is 10.5. The molecule has 0 radical (unpaired) electrons. The van der Waals surface area contributed by atoms with Crippen LogP contribution in [-0.4, -0.2) is 17.2 Å². The summed E-state index contributed by atoms with van der Waals surface area (Å²) in [5, 5.41) is 8.62. The fourth-order valence-corrected chi connectivity index (χ4v) is 1.22. The van der Waals surface area contributed by atoms with Gasteiger partial charge in [-0.1, -0.05) is 6.07 Å². The molecule has 0 amide bonds. The van der Waals surface area contributed by atoms with Gasteiger partial charge >= 0.3 is 5.97 Å². The van der Waals surface area contributed by atoms with Crippen molar-refractivity contribution >= 4 is 24.0 Å². The molecule has 5 heteroatoms. The molecular weight excluding hydrogens is 190 g/mol. The van der Waals surface area contributed by atoms with E-state index in [4.69, 9.17) is 5.11 Å². The summed E-state index contributed by atoms with van der Waals surface area (Å²) in [7, 11) is 0. The van der Waals surface area contributed by atoms with E-state index in [0.29, 0.717) is 4.90 Å². The minimum absolute atomic E-state index is 0.172. The lowest BCUT2D eigenvalue weighted by molar-refractivity contribution is 0.0696. The maximum Gasteiger partial charge on any atom is 0.335 e. The third kappa shape index (κ3) is 2.74. The van der Waals surface area contributed by atoms with Crippen LogP contribution in [0.25, 0.3) is 0 Å². The highest BCUT2D eigenvalue weighted by Crippen LogP contribution is 2.19. The number of benzene rings is 1. The molecule has 1 N–H and O–H groups in total. The largest absolute Gasteiger partial charge is 0.478 e. The van der Waals surface area contributed by atoms with Crippen molar-refractivity contribution in [3.05, 3.63) is 29.8 Å². The first-order valence-electron chi connectivity index (χ1n) is 3.31. The van der Waals surface area contributed by atoms with E-state index >= 15 is 0 Å². The van der Waals surface area contributed by atoms with Gasteiger partial charge in [0.05, 0.1) is 5.56 Å². The number of hydrogen-bond acceptors (Lipinski definition) is 4. The first-order chi connectivity index (χ1) is 6.24. The Morgan fingerprint density at radius 2 is 2.31 bits per heavy atom. The lowest BCUT2D eigenvalue weighted by Gasteiger charge is -1.95. The Labute approximate surface area is 78.4 Å². The number of carboxylic acid groups (broad SMARTS) is 1. The van der Waals surface area contributed by atoms with Crippen LogP contribution in [0.15, 0.2) is 33.6 Å². The van der Waals surface area contributed by atoms with Crippen LogP contribution in [0.3, 0.4) is 0 Å². The van der Waals surface area contributed by atoms with E-state index in [9.17, 15) is 9.59 Å². The molecule has 0 fully saturated rings. The minimum Gasteiger partial charge on any atom is -0.478 e. The molecule has 0 aliphatic heterocycles. The third-order valence-corrected chi connectivity index (χ3v) is 1.90. The van der Waals surface area contributed by atoms with Crippen LogP contribution in [0.1, 0.15) is 10.4 Å². The highest BCUT2D eigenvalue weighted by atomic mass is 32.2. The molecule has 4 nitrogen and oxygen atoms in total. The molecule has 0 aliphatic carbocycles. The standard InChI is InChI=1S/C8H5NO3S/c10-5-9-13-7-3-1-2-6(4-7)8(11)12/h1-4H,(H,11,12). The number of isocyanates is 1. The van der Waals surface area contributed by atoms with Gasteiger partial charge in [-0.05, 0) is 18.2 Å². The number of aromatic carboxylic acids is 1. The molecule has 0 bridgehead atoms. The van der Waals surface area contributed by atoms with E-state index in [1.54, 1.807) is 12.1 Å². The van der Waals surface area contributed by atoms with Crippen LogP contribution in [0.4, 0.5) is 0 Å². The van der Waals surface area contributed by atoms with Crippen molar-refractivity contribution in [2.45, 2.75) is 4.90 Å². The van der Waals surface area contributed by atoms with Gasteiger partial charge in [0.25, 0.3) is 0 Å². The number of rotatable bonds is 3. The van der Waals surface area contributed by atoms with Gasteiger partial charge < -0.3 is 5.11 Å². The van der Waals surface area contributed by atoms with E-state index in [1.807, 2.05) is 0 Å². The van der Waals surface area contributed by atoms with Crippen LogP contribution in [0.2, 0.25) is 0 Å². The summed E-state index contributed by atoms with van der Waals surface area (Å²) in [6.07, 6.45) is 1.36. The highest BCUT2D eigenvalue weighted by Gasteiger charge is 2.02. The molecule has 1 aromatic rings. The quantitative estimate of drug-likeness (QED) is 0.453. The fourth-order valence-electron chi connectivity index (χ4n) is 0.757. The van der Waals surface area contributed by atoms with Crippen LogP contribution < -0.4 is 0 Å². The Balaban J connectivity index is 2.91. The fraction of sp³-hybridized carbons (Fsp3) is 0. The Hall–Kier alpha value is -1.58. The van der Waals surface area contributed by atoms with E-state index < -0.39 is 5.97 Å². The van der Waals surface area contributed by atoms with Crippen molar-refractivity contribution < 1.29 is 14.7 Å². The predicted molar refractivity (Wildman–Crippen MR) is 47.4 cm³/mol. The summed E-state index contributed by atoms with van der Waals surface area (Å²) in [4.78, 5) is 20.9. The molecule has 0 spiro atoms. The molecule has 0 aliphatic rings. The van der Waals surface area contributed by atoms with E-state index in [0.717, 1.165) is 11.9 Å². The summed E-state index contributed by atoms with van der Waals surface area (Å²) in [6.45, 7) is 0. The summed E-state index contributed by atoms with van der Waals surface area (Å²) in [5.74, 6) is -1.00. The third-order valence-electron chi connectivity index (χ3n) is 1.27. The second kappa shape index (κ2) is 4.45. The van der Waals surface area contributed by atoms with Gasteiger partial charge in [-0.3, -0.25) is 0 Å². The van der Waals surface area contributed by atoms with Crippen molar-refractivity contribution in [1.29, 1.82) is 0 Å². The van der Waals surface area contributed by atoms with Gasteiger partial charge in [0.2, 0.25) is 6.08 Å². The van der Waals surface area contributed by atoms with E-state index in [1.165, 1.54) is 18.2 Å². The number of carbonyl (C=O) groups excluding carboxylic acids is 1. The van der Waals surface area contributed by atoms with Crippen LogP contribution in [0, 0.1) is 0 Å². The number of carbonyl (C=O) groups is 1. The first kappa shape index (κ1) is 9.51. The first-order valence-corrected chi connectivity index (χ1v) is 4.09. The van der Waals surface area contributed by atoms with E-state index in [-0.39, 0.29) is 5.56 Å². The molecule has 66 valence electrons. The van der Waals surface area contributed by atoms with Crippen molar-refractivity contribution in [2.75, 3.05) is 0 Å². The molecule has 0 aromatic heterocycles. The lowest BCUT2D eigenvalue weighted by atomic mass is 10.2. The second-order valence-corrected chi connectivity index (χ2v) is 2.94. The van der Waals surface area contributed by atoms with Gasteiger partial charge in [0.15, 0.2) is 0 Å². The van der Waals surface area contributed by atoms with E-state index in [2.05, 4.69) is 4.40 Å². The molecule has 0 saturated carbocycles. The van der Waals surface area contributed by atoms with Crippen molar-refractivity contribution in [1.82, 2.24) is 0 Å². The summed E-state index contributed by atoms with van der Waals surface area (Å²) >= 11 is 0.890. The molecule has 1 aromatic carbocycles. The summed E-state index contributed by atoms with van der Waals surface area (Å²) < 4.78 is 3.26. The molecule has 0 heterocycles. The Kier molecular flexibility index (Phi) is 3.25. The molecule has 0 unspecified atom stereocenters. The number of nitrogens with zero attached hydrogens (tertiary/aromatic N) is 1. The SMILES string of the molecule is O=C=NSc1cccc(C(=O)O)c1. The van der Waals surface area contributed by atoms with Crippen LogP contribution in [0.5, 0.6) is 0 Å². The molecule has 0 saturated heterocycles.